The molecule has 4 heterocycles. The minimum atomic E-state index is -1.20. The summed E-state index contributed by atoms with van der Waals surface area (Å²) in [5.74, 6) is -0.463. The Morgan fingerprint density at radius 1 is 1.05 bits per heavy atom. The topological polar surface area (TPSA) is 93.0 Å². The molecule has 2 aliphatic rings. The van der Waals surface area contributed by atoms with Gasteiger partial charge in [0.05, 0.1) is 48.1 Å². The number of ether oxygens (including phenoxy) is 2. The number of nitrogens with zero attached hydrogens (tertiary/aromatic N) is 5. The Morgan fingerprint density at radius 3 is 2.33 bits per heavy atom. The van der Waals surface area contributed by atoms with Crippen LogP contribution in [0.5, 0.6) is 0 Å². The summed E-state index contributed by atoms with van der Waals surface area (Å²) in [5, 5.41) is 12.2. The fourth-order valence-corrected chi connectivity index (χ4v) is 6.30. The monoisotopic (exact) mass is 589 g/mol. The van der Waals surface area contributed by atoms with Gasteiger partial charge in [-0.05, 0) is 69.5 Å². The van der Waals surface area contributed by atoms with E-state index in [-0.39, 0.29) is 0 Å². The van der Waals surface area contributed by atoms with Crippen LogP contribution in [0.1, 0.15) is 43.7 Å². The Balaban J connectivity index is 1.59. The normalized spacial score (nSPS) is 16.2. The van der Waals surface area contributed by atoms with Gasteiger partial charge in [0.15, 0.2) is 6.10 Å². The number of rotatable bonds is 6. The molecule has 0 saturated carbocycles. The van der Waals surface area contributed by atoms with Crippen LogP contribution >= 0.6 is 11.6 Å². The summed E-state index contributed by atoms with van der Waals surface area (Å²) in [6, 6.07) is 9.70. The molecule has 0 radical (unpaired) electrons. The van der Waals surface area contributed by atoms with Crippen LogP contribution < -0.4 is 9.80 Å². The third-order valence-corrected chi connectivity index (χ3v) is 8.23. The van der Waals surface area contributed by atoms with Crippen molar-refractivity contribution in [3.05, 3.63) is 64.6 Å². The van der Waals surface area contributed by atoms with Gasteiger partial charge in [-0.2, -0.15) is 0 Å². The molecule has 0 bridgehead atoms. The molecule has 0 aliphatic carbocycles. The Hall–Kier alpha value is -3.66. The van der Waals surface area contributed by atoms with Gasteiger partial charge in [-0.1, -0.05) is 23.7 Å². The highest BCUT2D eigenvalue weighted by molar-refractivity contribution is 6.30. The number of carboxylic acids is 1. The van der Waals surface area contributed by atoms with E-state index in [4.69, 9.17) is 31.0 Å². The summed E-state index contributed by atoms with van der Waals surface area (Å²) in [4.78, 5) is 26.9. The number of aryl methyl sites for hydroxylation is 1. The number of aromatic nitrogens is 3. The predicted octanol–water partition coefficient (Wildman–Crippen LogP) is 6.30. The smallest absolute Gasteiger partial charge is 0.337 e. The fraction of sp³-hybridized carbons (Fsp3) is 0.406. The number of benzene rings is 2. The van der Waals surface area contributed by atoms with Crippen LogP contribution in [0.4, 0.5) is 17.3 Å². The molecule has 42 heavy (non-hydrogen) atoms. The Morgan fingerprint density at radius 2 is 1.71 bits per heavy atom. The van der Waals surface area contributed by atoms with Crippen LogP contribution in [0.25, 0.3) is 22.0 Å². The molecule has 4 aromatic rings. The molecule has 1 atom stereocenters. The minimum absolute atomic E-state index is 0.579. The summed E-state index contributed by atoms with van der Waals surface area (Å²) in [7, 11) is 0. The second kappa shape index (κ2) is 10.9. The van der Waals surface area contributed by atoms with Gasteiger partial charge < -0.3 is 28.9 Å². The molecular formula is C32H36ClN5O4. The van der Waals surface area contributed by atoms with Gasteiger partial charge in [0.25, 0.3) is 0 Å². The molecule has 9 nitrogen and oxygen atoms in total. The lowest BCUT2D eigenvalue weighted by Crippen LogP contribution is -2.36. The standard InChI is InChI=1S/C32H36ClN5O4/c1-19-16-24-26(21-6-8-22(33)9-7-21)25(29(30(39)40)42-32(3,4)5)20(2)27-28(24)37(19)10-11-38(27)31-34-17-23(18-35-31)36-12-14-41-15-13-36/h6-9,16-18,29H,10-15H2,1-5H3,(H,39,40)/t29-/m0/s1. The number of carbonyl (C=O) groups is 1. The first kappa shape index (κ1) is 28.5. The molecule has 0 amide bonds. The van der Waals surface area contributed by atoms with Crippen molar-refractivity contribution in [1.29, 1.82) is 0 Å². The lowest BCUT2D eigenvalue weighted by atomic mass is 9.87. The molecule has 10 heteroatoms. The van der Waals surface area contributed by atoms with E-state index in [2.05, 4.69) is 27.4 Å². The summed E-state index contributed by atoms with van der Waals surface area (Å²) in [5.41, 5.74) is 6.47. The van der Waals surface area contributed by atoms with Crippen molar-refractivity contribution < 1.29 is 19.4 Å². The number of morpholine rings is 1. The van der Waals surface area contributed by atoms with Crippen molar-refractivity contribution in [1.82, 2.24) is 14.5 Å². The van der Waals surface area contributed by atoms with Crippen molar-refractivity contribution in [2.75, 3.05) is 42.6 Å². The highest BCUT2D eigenvalue weighted by atomic mass is 35.5. The van der Waals surface area contributed by atoms with Crippen LogP contribution in [0.2, 0.25) is 5.02 Å². The number of halogens is 1. The third-order valence-electron chi connectivity index (χ3n) is 7.98. The zero-order chi connectivity index (χ0) is 29.8. The number of aliphatic carboxylic acids is 1. The molecule has 6 rings (SSSR count). The van der Waals surface area contributed by atoms with Gasteiger partial charge in [0.1, 0.15) is 0 Å². The van der Waals surface area contributed by atoms with E-state index in [1.54, 1.807) is 0 Å². The van der Waals surface area contributed by atoms with Gasteiger partial charge in [0, 0.05) is 47.8 Å². The zero-order valence-electron chi connectivity index (χ0n) is 24.6. The minimum Gasteiger partial charge on any atom is -0.479 e. The van der Waals surface area contributed by atoms with Crippen LogP contribution in [0, 0.1) is 13.8 Å². The number of hydrogen-bond acceptors (Lipinski definition) is 7. The van der Waals surface area contributed by atoms with E-state index in [0.717, 1.165) is 64.3 Å². The molecule has 220 valence electrons. The highest BCUT2D eigenvalue weighted by Crippen LogP contribution is 2.49. The molecular weight excluding hydrogens is 554 g/mol. The fourth-order valence-electron chi connectivity index (χ4n) is 6.17. The van der Waals surface area contributed by atoms with Crippen LogP contribution in [-0.4, -0.2) is 64.1 Å². The SMILES string of the molecule is Cc1c([C@H](OC(C)(C)C)C(=O)O)c(-c2ccc(Cl)cc2)c2cc(C)n3c2c1N(c1ncc(N2CCOCC2)cn1)CC3. The first-order valence-corrected chi connectivity index (χ1v) is 14.7. The van der Waals surface area contributed by atoms with Crippen molar-refractivity contribution in [2.45, 2.75) is 52.9 Å². The molecule has 2 aromatic carbocycles. The largest absolute Gasteiger partial charge is 0.479 e. The average Bonchev–Trinajstić information content (AvgIpc) is 3.30. The van der Waals surface area contributed by atoms with Gasteiger partial charge in [0.2, 0.25) is 5.95 Å². The zero-order valence-corrected chi connectivity index (χ0v) is 25.4. The summed E-state index contributed by atoms with van der Waals surface area (Å²) in [6.45, 7) is 14.1. The summed E-state index contributed by atoms with van der Waals surface area (Å²) >= 11 is 6.27. The van der Waals surface area contributed by atoms with Gasteiger partial charge in [-0.3, -0.25) is 0 Å². The molecule has 1 N–H and O–H groups in total. The van der Waals surface area contributed by atoms with E-state index < -0.39 is 17.7 Å². The Kier molecular flexibility index (Phi) is 7.37. The quantitative estimate of drug-likeness (QED) is 0.280. The molecule has 0 spiro atoms. The van der Waals surface area contributed by atoms with Crippen molar-refractivity contribution in [3.8, 4) is 11.1 Å². The second-order valence-electron chi connectivity index (χ2n) is 11.9. The maximum absolute atomic E-state index is 12.9. The highest BCUT2D eigenvalue weighted by Gasteiger charge is 2.36. The first-order chi connectivity index (χ1) is 20.0. The van der Waals surface area contributed by atoms with Crippen LogP contribution in [-0.2, 0) is 20.8 Å². The maximum Gasteiger partial charge on any atom is 0.337 e. The molecule has 1 fully saturated rings. The summed E-state index contributed by atoms with van der Waals surface area (Å²) in [6.07, 6.45) is 2.53. The Labute approximate surface area is 250 Å². The first-order valence-electron chi connectivity index (χ1n) is 14.3. The van der Waals surface area contributed by atoms with E-state index >= 15 is 0 Å². The van der Waals surface area contributed by atoms with Crippen molar-refractivity contribution >= 4 is 45.8 Å². The van der Waals surface area contributed by atoms with E-state index in [9.17, 15) is 9.90 Å². The lowest BCUT2D eigenvalue weighted by Gasteiger charge is -2.35. The lowest BCUT2D eigenvalue weighted by molar-refractivity contribution is -0.160. The number of anilines is 3. The van der Waals surface area contributed by atoms with E-state index in [1.165, 1.54) is 0 Å². The molecule has 1 saturated heterocycles. The second-order valence-corrected chi connectivity index (χ2v) is 12.3. The number of carboxylic acid groups (broad SMARTS) is 1. The molecule has 0 unspecified atom stereocenters. The predicted molar refractivity (Wildman–Crippen MR) is 165 cm³/mol. The molecule has 2 aromatic heterocycles. The van der Waals surface area contributed by atoms with Gasteiger partial charge in [-0.15, -0.1) is 0 Å². The average molecular weight is 590 g/mol. The van der Waals surface area contributed by atoms with Crippen LogP contribution in [0.15, 0.2) is 42.7 Å². The Bertz CT molecular complexity index is 1640. The van der Waals surface area contributed by atoms with E-state index in [1.807, 2.05) is 64.4 Å². The molecule has 2 aliphatic heterocycles. The summed E-state index contributed by atoms with van der Waals surface area (Å²) < 4.78 is 14.1. The maximum atomic E-state index is 12.9. The van der Waals surface area contributed by atoms with Crippen molar-refractivity contribution in [3.63, 3.8) is 0 Å². The number of hydrogen-bond donors (Lipinski definition) is 1. The van der Waals surface area contributed by atoms with Gasteiger partial charge >= 0.3 is 5.97 Å². The van der Waals surface area contributed by atoms with Gasteiger partial charge in [-0.25, -0.2) is 14.8 Å². The van der Waals surface area contributed by atoms with E-state index in [0.29, 0.717) is 36.3 Å². The third kappa shape index (κ3) is 5.10. The van der Waals surface area contributed by atoms with Crippen molar-refractivity contribution in [2.24, 2.45) is 0 Å². The van der Waals surface area contributed by atoms with Crippen LogP contribution in [0.3, 0.4) is 0 Å².